The molecule has 0 saturated carbocycles. The molecule has 15 heavy (non-hydrogen) atoms. The van der Waals surface area contributed by atoms with Crippen LogP contribution in [0.4, 0.5) is 0 Å². The fourth-order valence-corrected chi connectivity index (χ4v) is 2.38. The van der Waals surface area contributed by atoms with Crippen molar-refractivity contribution in [1.29, 1.82) is 0 Å². The molecule has 1 aliphatic heterocycles. The third-order valence-corrected chi connectivity index (χ3v) is 3.40. The standard InChI is InChI=1S/C12H17ClN2/c1-9-3-2-4-12(13)11(9)8-15-6-5-10(14)7-15/h2-4,10H,5-8,14H2,1H3. The first-order valence-corrected chi connectivity index (χ1v) is 5.76. The Balaban J connectivity index is 2.10. The van der Waals surface area contributed by atoms with Crippen LogP contribution in [0.1, 0.15) is 17.5 Å². The van der Waals surface area contributed by atoms with E-state index in [0.717, 1.165) is 31.1 Å². The Morgan fingerprint density at radius 3 is 2.93 bits per heavy atom. The number of benzene rings is 1. The number of hydrogen-bond donors (Lipinski definition) is 1. The van der Waals surface area contributed by atoms with Crippen LogP contribution in [0, 0.1) is 6.92 Å². The van der Waals surface area contributed by atoms with Gasteiger partial charge >= 0.3 is 0 Å². The zero-order valence-corrected chi connectivity index (χ0v) is 9.80. The first kappa shape index (κ1) is 10.9. The van der Waals surface area contributed by atoms with E-state index in [1.54, 1.807) is 0 Å². The van der Waals surface area contributed by atoms with Crippen molar-refractivity contribution in [2.75, 3.05) is 13.1 Å². The Hall–Kier alpha value is -0.570. The molecule has 0 amide bonds. The van der Waals surface area contributed by atoms with Gasteiger partial charge < -0.3 is 5.73 Å². The molecule has 1 aliphatic rings. The molecule has 2 rings (SSSR count). The van der Waals surface area contributed by atoms with Gasteiger partial charge in [0.05, 0.1) is 0 Å². The van der Waals surface area contributed by atoms with Gasteiger partial charge in [-0.3, -0.25) is 4.90 Å². The minimum Gasteiger partial charge on any atom is -0.326 e. The van der Waals surface area contributed by atoms with Crippen LogP contribution in [0.15, 0.2) is 18.2 Å². The van der Waals surface area contributed by atoms with Gasteiger partial charge in [-0.1, -0.05) is 23.7 Å². The molecule has 0 aliphatic carbocycles. The van der Waals surface area contributed by atoms with Gasteiger partial charge in [-0.2, -0.15) is 0 Å². The zero-order valence-electron chi connectivity index (χ0n) is 9.04. The van der Waals surface area contributed by atoms with Gasteiger partial charge in [0.2, 0.25) is 0 Å². The fourth-order valence-electron chi connectivity index (χ4n) is 2.10. The largest absolute Gasteiger partial charge is 0.326 e. The van der Waals surface area contributed by atoms with E-state index in [1.165, 1.54) is 11.1 Å². The average molecular weight is 225 g/mol. The maximum Gasteiger partial charge on any atom is 0.0453 e. The molecule has 82 valence electrons. The van der Waals surface area contributed by atoms with Crippen LogP contribution in [-0.4, -0.2) is 24.0 Å². The highest BCUT2D eigenvalue weighted by Gasteiger charge is 2.20. The lowest BCUT2D eigenvalue weighted by Crippen LogP contribution is -2.26. The molecule has 1 saturated heterocycles. The van der Waals surface area contributed by atoms with Crippen molar-refractivity contribution in [3.8, 4) is 0 Å². The normalized spacial score (nSPS) is 22.2. The maximum atomic E-state index is 6.19. The van der Waals surface area contributed by atoms with Crippen LogP contribution in [0.5, 0.6) is 0 Å². The molecule has 0 spiro atoms. The molecular weight excluding hydrogens is 208 g/mol. The summed E-state index contributed by atoms with van der Waals surface area (Å²) in [4.78, 5) is 2.37. The summed E-state index contributed by atoms with van der Waals surface area (Å²) in [5.41, 5.74) is 8.39. The van der Waals surface area contributed by atoms with Crippen LogP contribution in [0.2, 0.25) is 5.02 Å². The molecule has 1 unspecified atom stereocenters. The van der Waals surface area contributed by atoms with E-state index in [1.807, 2.05) is 12.1 Å². The lowest BCUT2D eigenvalue weighted by atomic mass is 10.1. The Morgan fingerprint density at radius 1 is 1.53 bits per heavy atom. The summed E-state index contributed by atoms with van der Waals surface area (Å²) in [6.07, 6.45) is 1.10. The van der Waals surface area contributed by atoms with Crippen molar-refractivity contribution < 1.29 is 0 Å². The van der Waals surface area contributed by atoms with E-state index < -0.39 is 0 Å². The second-order valence-corrected chi connectivity index (χ2v) is 4.73. The third kappa shape index (κ3) is 2.51. The first-order chi connectivity index (χ1) is 7.16. The van der Waals surface area contributed by atoms with Gasteiger partial charge in [0.15, 0.2) is 0 Å². The van der Waals surface area contributed by atoms with E-state index in [0.29, 0.717) is 6.04 Å². The SMILES string of the molecule is Cc1cccc(Cl)c1CN1CCC(N)C1. The van der Waals surface area contributed by atoms with Gasteiger partial charge in [0.25, 0.3) is 0 Å². The smallest absolute Gasteiger partial charge is 0.0453 e. The number of hydrogen-bond acceptors (Lipinski definition) is 2. The van der Waals surface area contributed by atoms with Crippen LogP contribution < -0.4 is 5.73 Å². The Morgan fingerprint density at radius 2 is 2.33 bits per heavy atom. The van der Waals surface area contributed by atoms with E-state index in [-0.39, 0.29) is 0 Å². The van der Waals surface area contributed by atoms with Crippen LogP contribution >= 0.6 is 11.6 Å². The van der Waals surface area contributed by atoms with Crippen molar-refractivity contribution >= 4 is 11.6 Å². The van der Waals surface area contributed by atoms with E-state index in [9.17, 15) is 0 Å². The molecule has 0 radical (unpaired) electrons. The number of nitrogens with two attached hydrogens (primary N) is 1. The molecule has 1 atom stereocenters. The van der Waals surface area contributed by atoms with Crippen molar-refractivity contribution in [2.24, 2.45) is 5.73 Å². The second kappa shape index (κ2) is 4.52. The van der Waals surface area contributed by atoms with Gasteiger partial charge in [-0.15, -0.1) is 0 Å². The topological polar surface area (TPSA) is 29.3 Å². The van der Waals surface area contributed by atoms with E-state index in [2.05, 4.69) is 17.9 Å². The summed E-state index contributed by atoms with van der Waals surface area (Å²) in [5, 5.41) is 0.871. The van der Waals surface area contributed by atoms with E-state index >= 15 is 0 Å². The van der Waals surface area contributed by atoms with Gasteiger partial charge in [-0.05, 0) is 30.5 Å². The second-order valence-electron chi connectivity index (χ2n) is 4.32. The van der Waals surface area contributed by atoms with Crippen LogP contribution in [0.3, 0.4) is 0 Å². The first-order valence-electron chi connectivity index (χ1n) is 5.39. The minimum absolute atomic E-state index is 0.341. The summed E-state index contributed by atoms with van der Waals surface area (Å²) >= 11 is 6.19. The molecule has 1 aromatic carbocycles. The number of aryl methyl sites for hydroxylation is 1. The lowest BCUT2D eigenvalue weighted by Gasteiger charge is -2.17. The molecule has 2 nitrogen and oxygen atoms in total. The minimum atomic E-state index is 0.341. The fraction of sp³-hybridized carbons (Fsp3) is 0.500. The highest BCUT2D eigenvalue weighted by molar-refractivity contribution is 6.31. The van der Waals surface area contributed by atoms with Gasteiger partial charge in [0, 0.05) is 30.7 Å². The molecule has 1 heterocycles. The Bertz CT molecular complexity index is 331. The number of rotatable bonds is 2. The van der Waals surface area contributed by atoms with Crippen molar-refractivity contribution in [1.82, 2.24) is 4.90 Å². The molecule has 1 aromatic rings. The molecule has 1 fully saturated rings. The van der Waals surface area contributed by atoms with Crippen molar-refractivity contribution in [2.45, 2.75) is 25.9 Å². The Labute approximate surface area is 96.0 Å². The maximum absolute atomic E-state index is 6.19. The number of halogens is 1. The van der Waals surface area contributed by atoms with Gasteiger partial charge in [-0.25, -0.2) is 0 Å². The average Bonchev–Trinajstić information content (AvgIpc) is 2.58. The predicted octanol–water partition coefficient (Wildman–Crippen LogP) is 2.18. The van der Waals surface area contributed by atoms with Crippen molar-refractivity contribution in [3.05, 3.63) is 34.3 Å². The predicted molar refractivity (Wildman–Crippen MR) is 64.1 cm³/mol. The molecule has 3 heteroatoms. The van der Waals surface area contributed by atoms with Gasteiger partial charge in [0.1, 0.15) is 0 Å². The summed E-state index contributed by atoms with van der Waals surface area (Å²) in [7, 11) is 0. The zero-order chi connectivity index (χ0) is 10.8. The van der Waals surface area contributed by atoms with Crippen LogP contribution in [-0.2, 0) is 6.54 Å². The summed E-state index contributed by atoms with van der Waals surface area (Å²) in [5.74, 6) is 0. The summed E-state index contributed by atoms with van der Waals surface area (Å²) in [6, 6.07) is 6.40. The molecule has 0 bridgehead atoms. The number of likely N-dealkylation sites (tertiary alicyclic amines) is 1. The summed E-state index contributed by atoms with van der Waals surface area (Å²) < 4.78 is 0. The Kier molecular flexibility index (Phi) is 3.29. The molecular formula is C12H17ClN2. The van der Waals surface area contributed by atoms with Crippen molar-refractivity contribution in [3.63, 3.8) is 0 Å². The van der Waals surface area contributed by atoms with Crippen LogP contribution in [0.25, 0.3) is 0 Å². The third-order valence-electron chi connectivity index (χ3n) is 3.04. The lowest BCUT2D eigenvalue weighted by molar-refractivity contribution is 0.326. The molecule has 0 aromatic heterocycles. The summed E-state index contributed by atoms with van der Waals surface area (Å²) in [6.45, 7) is 5.12. The quantitative estimate of drug-likeness (QED) is 0.835. The van der Waals surface area contributed by atoms with E-state index in [4.69, 9.17) is 17.3 Å². The molecule has 2 N–H and O–H groups in total. The monoisotopic (exact) mass is 224 g/mol. The number of nitrogens with zero attached hydrogens (tertiary/aromatic N) is 1. The highest BCUT2D eigenvalue weighted by atomic mass is 35.5. The highest BCUT2D eigenvalue weighted by Crippen LogP contribution is 2.22.